The molecule has 0 aliphatic carbocycles. The molecule has 0 radical (unpaired) electrons. The third-order valence-electron chi connectivity index (χ3n) is 3.07. The first-order valence-corrected chi connectivity index (χ1v) is 6.62. The molecule has 0 unspecified atom stereocenters. The van der Waals surface area contributed by atoms with Crippen molar-refractivity contribution in [1.29, 1.82) is 0 Å². The van der Waals surface area contributed by atoms with E-state index in [-0.39, 0.29) is 11.3 Å². The van der Waals surface area contributed by atoms with Crippen molar-refractivity contribution in [2.45, 2.75) is 0 Å². The Morgan fingerprint density at radius 3 is 2.65 bits per heavy atom. The Hall–Kier alpha value is -2.01. The van der Waals surface area contributed by atoms with Crippen LogP contribution in [0.15, 0.2) is 47.1 Å². The zero-order valence-corrected chi connectivity index (χ0v) is 11.7. The van der Waals surface area contributed by atoms with Crippen molar-refractivity contribution in [2.24, 2.45) is 0 Å². The summed E-state index contributed by atoms with van der Waals surface area (Å²) in [5.41, 5.74) is 1.20. The van der Waals surface area contributed by atoms with Crippen molar-refractivity contribution in [3.05, 3.63) is 69.8 Å². The predicted molar refractivity (Wildman–Crippen MR) is 75.8 cm³/mol. The number of halogens is 3. The van der Waals surface area contributed by atoms with Gasteiger partial charge in [0, 0.05) is 28.2 Å². The average molecular weight is 336 g/mol. The van der Waals surface area contributed by atoms with Gasteiger partial charge in [0.05, 0.1) is 4.47 Å². The van der Waals surface area contributed by atoms with Gasteiger partial charge in [-0.1, -0.05) is 0 Å². The normalized spacial score (nSPS) is 10.9. The maximum absolute atomic E-state index is 13.5. The molecule has 0 spiro atoms. The molecule has 0 bridgehead atoms. The van der Waals surface area contributed by atoms with Crippen LogP contribution in [0.1, 0.15) is 15.9 Å². The minimum atomic E-state index is -0.512. The fourth-order valence-electron chi connectivity index (χ4n) is 2.07. The molecule has 1 N–H and O–H groups in total. The maximum atomic E-state index is 13.5. The van der Waals surface area contributed by atoms with Crippen molar-refractivity contribution >= 4 is 32.6 Å². The molecular weight excluding hydrogens is 328 g/mol. The summed E-state index contributed by atoms with van der Waals surface area (Å²) in [5.74, 6) is -1.29. The lowest BCUT2D eigenvalue weighted by atomic mass is 10.0. The van der Waals surface area contributed by atoms with Gasteiger partial charge in [0.25, 0.3) is 0 Å². The lowest BCUT2D eigenvalue weighted by molar-refractivity contribution is 0.104. The first-order chi connectivity index (χ1) is 9.56. The SMILES string of the molecule is O=C(c1ccc(Br)c(F)c1)c1c[nH]c2ccc(F)cc12. The van der Waals surface area contributed by atoms with Gasteiger partial charge in [-0.3, -0.25) is 4.79 Å². The molecule has 0 aliphatic rings. The summed E-state index contributed by atoms with van der Waals surface area (Å²) in [4.78, 5) is 15.3. The van der Waals surface area contributed by atoms with Gasteiger partial charge >= 0.3 is 0 Å². The highest BCUT2D eigenvalue weighted by molar-refractivity contribution is 9.10. The highest BCUT2D eigenvalue weighted by atomic mass is 79.9. The number of hydrogen-bond donors (Lipinski definition) is 1. The minimum Gasteiger partial charge on any atom is -0.360 e. The van der Waals surface area contributed by atoms with Gasteiger partial charge in [0.2, 0.25) is 0 Å². The molecule has 0 saturated carbocycles. The van der Waals surface area contributed by atoms with Crippen LogP contribution < -0.4 is 0 Å². The molecule has 1 heterocycles. The van der Waals surface area contributed by atoms with Gasteiger partial charge in [-0.15, -0.1) is 0 Å². The summed E-state index contributed by atoms with van der Waals surface area (Å²) in [6.45, 7) is 0. The molecule has 0 amide bonds. The Labute approximate surface area is 121 Å². The second-order valence-corrected chi connectivity index (χ2v) is 5.20. The van der Waals surface area contributed by atoms with E-state index in [0.717, 1.165) is 6.07 Å². The highest BCUT2D eigenvalue weighted by Crippen LogP contribution is 2.24. The van der Waals surface area contributed by atoms with E-state index in [1.165, 1.54) is 30.5 Å². The number of aromatic amines is 1. The van der Waals surface area contributed by atoms with Crippen LogP contribution in [-0.2, 0) is 0 Å². The topological polar surface area (TPSA) is 32.9 Å². The summed E-state index contributed by atoms with van der Waals surface area (Å²) < 4.78 is 27.1. The second-order valence-electron chi connectivity index (χ2n) is 4.35. The van der Waals surface area contributed by atoms with Crippen LogP contribution in [0.5, 0.6) is 0 Å². The van der Waals surface area contributed by atoms with E-state index in [2.05, 4.69) is 20.9 Å². The third kappa shape index (κ3) is 2.14. The molecule has 2 nitrogen and oxygen atoms in total. The Morgan fingerprint density at radius 2 is 1.90 bits per heavy atom. The van der Waals surface area contributed by atoms with Crippen molar-refractivity contribution < 1.29 is 13.6 Å². The summed E-state index contributed by atoms with van der Waals surface area (Å²) in [5, 5.41) is 0.485. The average Bonchev–Trinajstić information content (AvgIpc) is 2.84. The standard InChI is InChI=1S/C15H8BrF2NO/c16-12-3-1-8(5-13(12)18)15(20)11-7-19-14-4-2-9(17)6-10(11)14/h1-7,19H. The van der Waals surface area contributed by atoms with E-state index in [4.69, 9.17) is 0 Å². The van der Waals surface area contributed by atoms with E-state index in [1.54, 1.807) is 6.07 Å². The molecule has 3 rings (SSSR count). The molecule has 1 aromatic heterocycles. The highest BCUT2D eigenvalue weighted by Gasteiger charge is 2.16. The summed E-state index contributed by atoms with van der Waals surface area (Å²) >= 11 is 3.03. The Kier molecular flexibility index (Phi) is 3.14. The molecular formula is C15H8BrF2NO. The predicted octanol–water partition coefficient (Wildman–Crippen LogP) is 4.44. The molecule has 0 fully saturated rings. The van der Waals surface area contributed by atoms with Gasteiger partial charge in [-0.05, 0) is 52.3 Å². The molecule has 0 atom stereocenters. The van der Waals surface area contributed by atoms with Crippen LogP contribution in [-0.4, -0.2) is 10.8 Å². The van der Waals surface area contributed by atoms with Crippen LogP contribution in [0.25, 0.3) is 10.9 Å². The number of aromatic nitrogens is 1. The smallest absolute Gasteiger partial charge is 0.195 e. The van der Waals surface area contributed by atoms with Crippen LogP contribution in [0.4, 0.5) is 8.78 Å². The monoisotopic (exact) mass is 335 g/mol. The Balaban J connectivity index is 2.12. The molecule has 20 heavy (non-hydrogen) atoms. The number of nitrogens with one attached hydrogen (secondary N) is 1. The largest absolute Gasteiger partial charge is 0.360 e. The van der Waals surface area contributed by atoms with Gasteiger partial charge in [-0.25, -0.2) is 8.78 Å². The number of carbonyl (C=O) groups excluding carboxylic acids is 1. The molecule has 5 heteroatoms. The number of fused-ring (bicyclic) bond motifs is 1. The molecule has 3 aromatic rings. The van der Waals surface area contributed by atoms with Crippen LogP contribution in [0.2, 0.25) is 0 Å². The molecule has 0 saturated heterocycles. The quantitative estimate of drug-likeness (QED) is 0.690. The number of hydrogen-bond acceptors (Lipinski definition) is 1. The first kappa shape index (κ1) is 13.0. The molecule has 2 aromatic carbocycles. The van der Waals surface area contributed by atoms with Gasteiger partial charge in [-0.2, -0.15) is 0 Å². The fourth-order valence-corrected chi connectivity index (χ4v) is 2.32. The maximum Gasteiger partial charge on any atom is 0.195 e. The van der Waals surface area contributed by atoms with E-state index < -0.39 is 11.6 Å². The van der Waals surface area contributed by atoms with E-state index in [0.29, 0.717) is 20.9 Å². The molecule has 0 aliphatic heterocycles. The van der Waals surface area contributed by atoms with Crippen LogP contribution in [0, 0.1) is 11.6 Å². The minimum absolute atomic E-state index is 0.218. The fraction of sp³-hybridized carbons (Fsp3) is 0. The number of H-pyrrole nitrogens is 1. The number of benzene rings is 2. The van der Waals surface area contributed by atoms with Gasteiger partial charge in [0.15, 0.2) is 5.78 Å². The number of carbonyl (C=O) groups is 1. The third-order valence-corrected chi connectivity index (χ3v) is 3.71. The van der Waals surface area contributed by atoms with Crippen molar-refractivity contribution in [3.63, 3.8) is 0 Å². The zero-order chi connectivity index (χ0) is 14.3. The summed E-state index contributed by atoms with van der Waals surface area (Å²) in [6.07, 6.45) is 1.51. The first-order valence-electron chi connectivity index (χ1n) is 5.82. The zero-order valence-electron chi connectivity index (χ0n) is 10.1. The van der Waals surface area contributed by atoms with E-state index >= 15 is 0 Å². The lowest BCUT2D eigenvalue weighted by Gasteiger charge is -2.01. The van der Waals surface area contributed by atoms with Gasteiger partial charge < -0.3 is 4.98 Å². The van der Waals surface area contributed by atoms with Crippen LogP contribution in [0.3, 0.4) is 0 Å². The lowest BCUT2D eigenvalue weighted by Crippen LogP contribution is -2.01. The Bertz CT molecular complexity index is 826. The van der Waals surface area contributed by atoms with E-state index in [9.17, 15) is 13.6 Å². The van der Waals surface area contributed by atoms with Crippen molar-refractivity contribution in [3.8, 4) is 0 Å². The summed E-state index contributed by atoms with van der Waals surface area (Å²) in [6, 6.07) is 8.31. The van der Waals surface area contributed by atoms with E-state index in [1.807, 2.05) is 0 Å². The van der Waals surface area contributed by atoms with Gasteiger partial charge in [0.1, 0.15) is 11.6 Å². The number of ketones is 1. The van der Waals surface area contributed by atoms with Crippen LogP contribution >= 0.6 is 15.9 Å². The molecule has 100 valence electrons. The van der Waals surface area contributed by atoms with Crippen molar-refractivity contribution in [1.82, 2.24) is 4.98 Å². The van der Waals surface area contributed by atoms with Crippen molar-refractivity contribution in [2.75, 3.05) is 0 Å². The Morgan fingerprint density at radius 1 is 1.10 bits per heavy atom. The number of rotatable bonds is 2. The summed E-state index contributed by atoms with van der Waals surface area (Å²) in [7, 11) is 0. The second kappa shape index (κ2) is 4.83.